The van der Waals surface area contributed by atoms with Crippen molar-refractivity contribution in [3.05, 3.63) is 0 Å². The van der Waals surface area contributed by atoms with E-state index in [1.165, 1.54) is 0 Å². The van der Waals surface area contributed by atoms with Crippen LogP contribution in [0, 0.1) is 17.8 Å². The summed E-state index contributed by atoms with van der Waals surface area (Å²) in [5, 5.41) is 2.78. The summed E-state index contributed by atoms with van der Waals surface area (Å²) in [6.45, 7) is 15.4. The quantitative estimate of drug-likeness (QED) is 0.763. The second-order valence-corrected chi connectivity index (χ2v) is 7.24. The zero-order valence-electron chi connectivity index (χ0n) is 14.2. The zero-order chi connectivity index (χ0) is 16.1. The van der Waals surface area contributed by atoms with Crippen LogP contribution in [0.15, 0.2) is 0 Å². The van der Waals surface area contributed by atoms with Crippen LogP contribution in [0.5, 0.6) is 0 Å². The number of esters is 1. The molecule has 0 bridgehead atoms. The SMILES string of the molecule is CC(C)CC(C(=O)N[C@@H](C)C(=O)OC(C)(C)C)C(C)C. The van der Waals surface area contributed by atoms with Crippen molar-refractivity contribution in [3.8, 4) is 0 Å². The van der Waals surface area contributed by atoms with Crippen LogP contribution in [0.25, 0.3) is 0 Å². The van der Waals surface area contributed by atoms with Crippen molar-refractivity contribution in [3.63, 3.8) is 0 Å². The Balaban J connectivity index is 4.59. The van der Waals surface area contributed by atoms with E-state index in [1.54, 1.807) is 6.92 Å². The predicted octanol–water partition coefficient (Wildman–Crippen LogP) is 3.15. The predicted molar refractivity (Wildman–Crippen MR) is 81.2 cm³/mol. The van der Waals surface area contributed by atoms with Crippen LogP contribution < -0.4 is 5.32 Å². The minimum atomic E-state index is -0.616. The van der Waals surface area contributed by atoms with Crippen molar-refractivity contribution in [2.45, 2.75) is 73.5 Å². The van der Waals surface area contributed by atoms with Crippen molar-refractivity contribution in [1.29, 1.82) is 0 Å². The first kappa shape index (κ1) is 18.9. The number of hydrogen-bond acceptors (Lipinski definition) is 3. The highest BCUT2D eigenvalue weighted by Gasteiger charge is 2.28. The van der Waals surface area contributed by atoms with Crippen LogP contribution in [-0.4, -0.2) is 23.5 Å². The van der Waals surface area contributed by atoms with Crippen LogP contribution in [0.1, 0.15) is 61.8 Å². The van der Waals surface area contributed by atoms with Gasteiger partial charge in [0, 0.05) is 5.92 Å². The molecule has 0 aliphatic heterocycles. The maximum absolute atomic E-state index is 12.3. The van der Waals surface area contributed by atoms with Crippen LogP contribution in [0.2, 0.25) is 0 Å². The number of hydrogen-bond donors (Lipinski definition) is 1. The van der Waals surface area contributed by atoms with Gasteiger partial charge in [0.25, 0.3) is 0 Å². The summed E-state index contributed by atoms with van der Waals surface area (Å²) < 4.78 is 5.27. The Morgan fingerprint density at radius 1 is 1.05 bits per heavy atom. The van der Waals surface area contributed by atoms with Gasteiger partial charge in [-0.3, -0.25) is 4.79 Å². The van der Waals surface area contributed by atoms with Crippen LogP contribution in [-0.2, 0) is 14.3 Å². The van der Waals surface area contributed by atoms with Crippen molar-refractivity contribution < 1.29 is 14.3 Å². The second kappa shape index (κ2) is 7.65. The minimum Gasteiger partial charge on any atom is -0.458 e. The third-order valence-electron chi connectivity index (χ3n) is 2.99. The summed E-state index contributed by atoms with van der Waals surface area (Å²) in [4.78, 5) is 24.2. The van der Waals surface area contributed by atoms with E-state index in [-0.39, 0.29) is 17.7 Å². The van der Waals surface area contributed by atoms with Crippen molar-refractivity contribution >= 4 is 11.9 Å². The van der Waals surface area contributed by atoms with Gasteiger partial charge in [-0.15, -0.1) is 0 Å². The Bertz CT molecular complexity index is 329. The number of ether oxygens (including phenoxy) is 1. The summed E-state index contributed by atoms with van der Waals surface area (Å²) in [6, 6.07) is -0.616. The molecule has 4 heteroatoms. The first-order valence-electron chi connectivity index (χ1n) is 7.47. The summed E-state index contributed by atoms with van der Waals surface area (Å²) in [7, 11) is 0. The number of carbonyl (C=O) groups excluding carboxylic acids is 2. The summed E-state index contributed by atoms with van der Waals surface area (Å²) in [5.41, 5.74) is -0.536. The molecule has 0 aromatic heterocycles. The topological polar surface area (TPSA) is 55.4 Å². The molecule has 118 valence electrons. The Morgan fingerprint density at radius 2 is 1.55 bits per heavy atom. The molecule has 0 spiro atoms. The van der Waals surface area contributed by atoms with E-state index in [1.807, 2.05) is 34.6 Å². The Labute approximate surface area is 123 Å². The molecule has 0 saturated carbocycles. The number of rotatable bonds is 6. The standard InChI is InChI=1S/C16H31NO3/c1-10(2)9-13(11(3)4)14(18)17-12(5)15(19)20-16(6,7)8/h10-13H,9H2,1-8H3,(H,17,18)/t12-,13?/m0/s1. The fourth-order valence-electron chi connectivity index (χ4n) is 1.96. The van der Waals surface area contributed by atoms with Crippen molar-refractivity contribution in [2.24, 2.45) is 17.8 Å². The number of carbonyl (C=O) groups is 2. The highest BCUT2D eigenvalue weighted by molar-refractivity contribution is 5.85. The lowest BCUT2D eigenvalue weighted by molar-refractivity contribution is -0.158. The molecular weight excluding hydrogens is 254 g/mol. The molecule has 2 atom stereocenters. The van der Waals surface area contributed by atoms with Gasteiger partial charge >= 0.3 is 5.97 Å². The molecule has 0 aromatic rings. The average molecular weight is 285 g/mol. The van der Waals surface area contributed by atoms with E-state index in [2.05, 4.69) is 19.2 Å². The molecule has 0 aliphatic rings. The van der Waals surface area contributed by atoms with E-state index >= 15 is 0 Å². The lowest BCUT2D eigenvalue weighted by Gasteiger charge is -2.26. The zero-order valence-corrected chi connectivity index (χ0v) is 14.2. The van der Waals surface area contributed by atoms with Gasteiger partial charge in [0.2, 0.25) is 5.91 Å². The van der Waals surface area contributed by atoms with Crippen LogP contribution in [0.3, 0.4) is 0 Å². The molecule has 1 N–H and O–H groups in total. The Kier molecular flexibility index (Phi) is 7.25. The fourth-order valence-corrected chi connectivity index (χ4v) is 1.96. The maximum atomic E-state index is 12.3. The van der Waals surface area contributed by atoms with Crippen molar-refractivity contribution in [1.82, 2.24) is 5.32 Å². The summed E-state index contributed by atoms with van der Waals surface area (Å²) >= 11 is 0. The minimum absolute atomic E-state index is 0.0629. The van der Waals surface area contributed by atoms with Gasteiger partial charge in [0.05, 0.1) is 0 Å². The number of nitrogens with one attached hydrogen (secondary N) is 1. The van der Waals surface area contributed by atoms with Gasteiger partial charge in [-0.25, -0.2) is 4.79 Å². The van der Waals surface area contributed by atoms with Gasteiger partial charge in [-0.1, -0.05) is 27.7 Å². The molecule has 0 heterocycles. The van der Waals surface area contributed by atoms with Gasteiger partial charge in [0.1, 0.15) is 11.6 Å². The molecule has 1 unspecified atom stereocenters. The fraction of sp³-hybridized carbons (Fsp3) is 0.875. The van der Waals surface area contributed by atoms with E-state index in [4.69, 9.17) is 4.74 Å². The second-order valence-electron chi connectivity index (χ2n) is 7.24. The molecule has 0 radical (unpaired) electrons. The molecule has 0 fully saturated rings. The van der Waals surface area contributed by atoms with E-state index in [0.29, 0.717) is 5.92 Å². The molecule has 0 aromatic carbocycles. The van der Waals surface area contributed by atoms with Crippen LogP contribution >= 0.6 is 0 Å². The summed E-state index contributed by atoms with van der Waals surface area (Å²) in [6.07, 6.45) is 0.824. The Morgan fingerprint density at radius 3 is 1.90 bits per heavy atom. The lowest BCUT2D eigenvalue weighted by Crippen LogP contribution is -2.45. The number of amides is 1. The monoisotopic (exact) mass is 285 g/mol. The van der Waals surface area contributed by atoms with Crippen molar-refractivity contribution in [2.75, 3.05) is 0 Å². The first-order chi connectivity index (χ1) is 8.94. The van der Waals surface area contributed by atoms with Crippen LogP contribution in [0.4, 0.5) is 0 Å². The van der Waals surface area contributed by atoms with Gasteiger partial charge in [0.15, 0.2) is 0 Å². The van der Waals surface area contributed by atoms with Gasteiger partial charge < -0.3 is 10.1 Å². The molecule has 0 saturated heterocycles. The van der Waals surface area contributed by atoms with E-state index in [0.717, 1.165) is 6.42 Å². The smallest absolute Gasteiger partial charge is 0.328 e. The molecule has 0 aliphatic carbocycles. The molecule has 4 nitrogen and oxygen atoms in total. The highest BCUT2D eigenvalue weighted by atomic mass is 16.6. The highest BCUT2D eigenvalue weighted by Crippen LogP contribution is 2.20. The van der Waals surface area contributed by atoms with Gasteiger partial charge in [-0.2, -0.15) is 0 Å². The third kappa shape index (κ3) is 7.51. The average Bonchev–Trinajstić information content (AvgIpc) is 2.22. The first-order valence-corrected chi connectivity index (χ1v) is 7.47. The molecule has 0 rings (SSSR count). The van der Waals surface area contributed by atoms with E-state index < -0.39 is 17.6 Å². The Hall–Kier alpha value is -1.06. The maximum Gasteiger partial charge on any atom is 0.328 e. The van der Waals surface area contributed by atoms with Gasteiger partial charge in [-0.05, 0) is 46.0 Å². The molecule has 20 heavy (non-hydrogen) atoms. The third-order valence-corrected chi connectivity index (χ3v) is 2.99. The van der Waals surface area contributed by atoms with E-state index in [9.17, 15) is 9.59 Å². The lowest BCUT2D eigenvalue weighted by atomic mass is 9.87. The molecular formula is C16H31NO3. The largest absolute Gasteiger partial charge is 0.458 e. The molecule has 1 amide bonds. The normalized spacial score (nSPS) is 15.1. The summed E-state index contributed by atoms with van der Waals surface area (Å²) in [5.74, 6) is 0.179.